The van der Waals surface area contributed by atoms with Gasteiger partial charge >= 0.3 is 0 Å². The van der Waals surface area contributed by atoms with Crippen LogP contribution in [0.2, 0.25) is 0 Å². The van der Waals surface area contributed by atoms with Gasteiger partial charge in [-0.05, 0) is 44.6 Å². The molecule has 82 valence electrons. The summed E-state index contributed by atoms with van der Waals surface area (Å²) in [6.07, 6.45) is 6.60. The Kier molecular flexibility index (Phi) is 2.53. The summed E-state index contributed by atoms with van der Waals surface area (Å²) in [5.74, 6) is 0.872. The number of rotatable bonds is 4. The van der Waals surface area contributed by atoms with Crippen molar-refractivity contribution in [3.05, 3.63) is 15.6 Å². The molecule has 1 N–H and O–H groups in total. The predicted molar refractivity (Wildman–Crippen MR) is 63.3 cm³/mol. The minimum atomic E-state index is 0.561. The van der Waals surface area contributed by atoms with Crippen LogP contribution in [0.5, 0.6) is 0 Å². The summed E-state index contributed by atoms with van der Waals surface area (Å²) in [5.41, 5.74) is 1.40. The highest BCUT2D eigenvalue weighted by molar-refractivity contribution is 7.11. The molecule has 0 aliphatic heterocycles. The number of nitrogens with one attached hydrogen (secondary N) is 1. The summed E-state index contributed by atoms with van der Waals surface area (Å²) in [5, 5.41) is 4.96. The van der Waals surface area contributed by atoms with Gasteiger partial charge in [-0.25, -0.2) is 4.98 Å². The smallest absolute Gasteiger partial charge is 0.110 e. The molecule has 0 aromatic carbocycles. The van der Waals surface area contributed by atoms with Gasteiger partial charge < -0.3 is 5.32 Å². The van der Waals surface area contributed by atoms with E-state index >= 15 is 0 Å². The Morgan fingerprint density at radius 2 is 2.33 bits per heavy atom. The quantitative estimate of drug-likeness (QED) is 0.847. The number of hydrogen-bond acceptors (Lipinski definition) is 3. The molecule has 1 saturated carbocycles. The average molecular weight is 222 g/mol. The first kappa shape index (κ1) is 9.79. The molecule has 15 heavy (non-hydrogen) atoms. The topological polar surface area (TPSA) is 24.9 Å². The number of hydrogen-bond donors (Lipinski definition) is 1. The maximum atomic E-state index is 4.83. The Morgan fingerprint density at radius 1 is 1.47 bits per heavy atom. The van der Waals surface area contributed by atoms with Crippen LogP contribution in [0.3, 0.4) is 0 Å². The van der Waals surface area contributed by atoms with Crippen molar-refractivity contribution >= 4 is 11.3 Å². The normalized spacial score (nSPS) is 21.7. The molecule has 2 nitrogen and oxygen atoms in total. The fourth-order valence-electron chi connectivity index (χ4n) is 2.45. The lowest BCUT2D eigenvalue weighted by molar-refractivity contribution is 0.493. The number of thiazole rings is 1. The molecule has 1 unspecified atom stereocenters. The maximum absolute atomic E-state index is 4.83. The average Bonchev–Trinajstić information content (AvgIpc) is 2.82. The zero-order valence-electron chi connectivity index (χ0n) is 9.25. The zero-order valence-corrected chi connectivity index (χ0v) is 10.1. The summed E-state index contributed by atoms with van der Waals surface area (Å²) < 4.78 is 0. The van der Waals surface area contributed by atoms with Gasteiger partial charge in [-0.2, -0.15) is 0 Å². The molecule has 0 spiro atoms. The Labute approximate surface area is 95.1 Å². The van der Waals surface area contributed by atoms with Gasteiger partial charge in [0.05, 0.1) is 11.7 Å². The minimum Gasteiger partial charge on any atom is -0.308 e. The molecule has 2 aliphatic carbocycles. The molecule has 1 heterocycles. The third kappa shape index (κ3) is 1.83. The van der Waals surface area contributed by atoms with E-state index in [1.807, 2.05) is 11.3 Å². The second-order valence-electron chi connectivity index (χ2n) is 4.65. The van der Waals surface area contributed by atoms with E-state index in [0.717, 1.165) is 12.5 Å². The van der Waals surface area contributed by atoms with Gasteiger partial charge in [0.25, 0.3) is 0 Å². The molecule has 0 bridgehead atoms. The summed E-state index contributed by atoms with van der Waals surface area (Å²) in [6.45, 7) is 3.25. The predicted octanol–water partition coefficient (Wildman–Crippen LogP) is 2.69. The van der Waals surface area contributed by atoms with Gasteiger partial charge in [0, 0.05) is 4.88 Å². The standard InChI is InChI=1S/C12H18N2S/c1-2-13-11(8-6-7-8)12-14-9-4-3-5-10(9)15-12/h8,11,13H,2-7H2,1H3. The fourth-order valence-corrected chi connectivity index (χ4v) is 3.77. The molecular weight excluding hydrogens is 204 g/mol. The summed E-state index contributed by atoms with van der Waals surface area (Å²) in [4.78, 5) is 6.39. The van der Waals surface area contributed by atoms with Crippen LogP contribution >= 0.6 is 11.3 Å². The van der Waals surface area contributed by atoms with E-state index in [-0.39, 0.29) is 0 Å². The van der Waals surface area contributed by atoms with Gasteiger partial charge in [0.1, 0.15) is 5.01 Å². The van der Waals surface area contributed by atoms with Crippen LogP contribution in [0.15, 0.2) is 0 Å². The Balaban J connectivity index is 1.82. The van der Waals surface area contributed by atoms with E-state index in [1.54, 1.807) is 4.88 Å². The van der Waals surface area contributed by atoms with Gasteiger partial charge in [-0.3, -0.25) is 0 Å². The van der Waals surface area contributed by atoms with Crippen molar-refractivity contribution in [1.29, 1.82) is 0 Å². The van der Waals surface area contributed by atoms with E-state index in [4.69, 9.17) is 4.98 Å². The number of aryl methyl sites for hydroxylation is 2. The summed E-state index contributed by atoms with van der Waals surface area (Å²) >= 11 is 1.96. The molecule has 1 fully saturated rings. The molecule has 0 saturated heterocycles. The van der Waals surface area contributed by atoms with Gasteiger partial charge in [-0.15, -0.1) is 11.3 Å². The summed E-state index contributed by atoms with van der Waals surface area (Å²) in [7, 11) is 0. The van der Waals surface area contributed by atoms with Gasteiger partial charge in [0.2, 0.25) is 0 Å². The second kappa shape index (κ2) is 3.87. The molecule has 1 atom stereocenters. The van der Waals surface area contributed by atoms with Crippen molar-refractivity contribution in [3.8, 4) is 0 Å². The number of aromatic nitrogens is 1. The van der Waals surface area contributed by atoms with Crippen molar-refractivity contribution in [2.24, 2.45) is 5.92 Å². The maximum Gasteiger partial charge on any atom is 0.110 e. The van der Waals surface area contributed by atoms with E-state index in [9.17, 15) is 0 Å². The van der Waals surface area contributed by atoms with Crippen LogP contribution in [0, 0.1) is 5.92 Å². The van der Waals surface area contributed by atoms with Crippen molar-refractivity contribution < 1.29 is 0 Å². The monoisotopic (exact) mass is 222 g/mol. The van der Waals surface area contributed by atoms with E-state index in [0.29, 0.717) is 6.04 Å². The third-order valence-corrected chi connectivity index (χ3v) is 4.64. The van der Waals surface area contributed by atoms with Crippen molar-refractivity contribution in [3.63, 3.8) is 0 Å². The van der Waals surface area contributed by atoms with Crippen LogP contribution in [-0.4, -0.2) is 11.5 Å². The van der Waals surface area contributed by atoms with Gasteiger partial charge in [-0.1, -0.05) is 6.92 Å². The lowest BCUT2D eigenvalue weighted by atomic mass is 10.2. The molecule has 1 aromatic rings. The third-order valence-electron chi connectivity index (χ3n) is 3.40. The van der Waals surface area contributed by atoms with Crippen molar-refractivity contribution in [2.75, 3.05) is 6.54 Å². The Morgan fingerprint density at radius 3 is 3.00 bits per heavy atom. The van der Waals surface area contributed by atoms with E-state index in [1.165, 1.54) is 42.8 Å². The highest BCUT2D eigenvalue weighted by Gasteiger charge is 2.34. The first-order valence-corrected chi connectivity index (χ1v) is 6.92. The molecule has 3 heteroatoms. The van der Waals surface area contributed by atoms with Crippen LogP contribution in [-0.2, 0) is 12.8 Å². The number of nitrogens with zero attached hydrogens (tertiary/aromatic N) is 1. The molecule has 0 radical (unpaired) electrons. The summed E-state index contributed by atoms with van der Waals surface area (Å²) in [6, 6.07) is 0.561. The van der Waals surface area contributed by atoms with Gasteiger partial charge in [0.15, 0.2) is 0 Å². The van der Waals surface area contributed by atoms with Crippen LogP contribution in [0.25, 0.3) is 0 Å². The molecule has 0 amide bonds. The van der Waals surface area contributed by atoms with Crippen LogP contribution in [0.1, 0.15) is 47.8 Å². The highest BCUT2D eigenvalue weighted by atomic mass is 32.1. The first-order chi connectivity index (χ1) is 7.38. The van der Waals surface area contributed by atoms with Crippen LogP contribution in [0.4, 0.5) is 0 Å². The largest absolute Gasteiger partial charge is 0.308 e. The highest BCUT2D eigenvalue weighted by Crippen LogP contribution is 2.43. The fraction of sp³-hybridized carbons (Fsp3) is 0.750. The second-order valence-corrected chi connectivity index (χ2v) is 5.76. The SMILES string of the molecule is CCNC(c1nc2c(s1)CCC2)C1CC1. The zero-order chi connectivity index (χ0) is 10.3. The van der Waals surface area contributed by atoms with Crippen molar-refractivity contribution in [2.45, 2.75) is 45.1 Å². The van der Waals surface area contributed by atoms with Crippen LogP contribution < -0.4 is 5.32 Å². The number of fused-ring (bicyclic) bond motifs is 1. The molecule has 1 aromatic heterocycles. The van der Waals surface area contributed by atoms with Crippen molar-refractivity contribution in [1.82, 2.24) is 10.3 Å². The minimum absolute atomic E-state index is 0.561. The molecule has 3 rings (SSSR count). The Hall–Kier alpha value is -0.410. The van der Waals surface area contributed by atoms with E-state index in [2.05, 4.69) is 12.2 Å². The first-order valence-electron chi connectivity index (χ1n) is 6.10. The lowest BCUT2D eigenvalue weighted by Gasteiger charge is -2.13. The molecule has 2 aliphatic rings. The Bertz CT molecular complexity index is 333. The van der Waals surface area contributed by atoms with E-state index < -0.39 is 0 Å². The molecular formula is C12H18N2S. The lowest BCUT2D eigenvalue weighted by Crippen LogP contribution is -2.22.